The Kier molecular flexibility index (Phi) is 6.99. The van der Waals surface area contributed by atoms with Crippen LogP contribution in [0.3, 0.4) is 0 Å². The van der Waals surface area contributed by atoms with E-state index in [2.05, 4.69) is 17.6 Å². The molecule has 3 N–H and O–H groups in total. The molecule has 5 nitrogen and oxygen atoms in total. The highest BCUT2D eigenvalue weighted by molar-refractivity contribution is 5.86. The fourth-order valence-corrected chi connectivity index (χ4v) is 3.29. The van der Waals surface area contributed by atoms with E-state index in [-0.39, 0.29) is 12.1 Å². The van der Waals surface area contributed by atoms with E-state index in [0.717, 1.165) is 19.3 Å². The van der Waals surface area contributed by atoms with Crippen LogP contribution in [-0.2, 0) is 4.79 Å². The lowest BCUT2D eigenvalue weighted by atomic mass is 9.83. The minimum Gasteiger partial charge on any atom is -0.480 e. The summed E-state index contributed by atoms with van der Waals surface area (Å²) in [7, 11) is 0. The second-order valence-corrected chi connectivity index (χ2v) is 6.11. The van der Waals surface area contributed by atoms with Crippen LogP contribution < -0.4 is 10.6 Å². The van der Waals surface area contributed by atoms with Gasteiger partial charge < -0.3 is 15.7 Å². The molecule has 0 radical (unpaired) electrons. The summed E-state index contributed by atoms with van der Waals surface area (Å²) in [4.78, 5) is 23.6. The maximum Gasteiger partial charge on any atom is 0.329 e. The van der Waals surface area contributed by atoms with Crippen molar-refractivity contribution in [3.05, 3.63) is 0 Å². The van der Waals surface area contributed by atoms with Crippen molar-refractivity contribution >= 4 is 12.0 Å². The standard InChI is InChI=1S/C16H30N2O3/c1-4-13(12-10-8-7-9-11-12)17-15(21)18-16(5-2,6-3)14(19)20/h12-13H,4-11H2,1-3H3,(H,19,20)(H2,17,18,21). The first-order valence-corrected chi connectivity index (χ1v) is 8.31. The van der Waals surface area contributed by atoms with Gasteiger partial charge in [-0.25, -0.2) is 9.59 Å². The Morgan fingerprint density at radius 3 is 2.14 bits per heavy atom. The molecule has 1 unspecified atom stereocenters. The quantitative estimate of drug-likeness (QED) is 0.675. The van der Waals surface area contributed by atoms with Crippen molar-refractivity contribution < 1.29 is 14.7 Å². The zero-order chi connectivity index (χ0) is 15.9. The fraction of sp³-hybridized carbons (Fsp3) is 0.875. The van der Waals surface area contributed by atoms with E-state index in [1.807, 2.05) is 0 Å². The molecule has 0 aromatic rings. The largest absolute Gasteiger partial charge is 0.480 e. The molecular formula is C16H30N2O3. The molecule has 5 heteroatoms. The van der Waals surface area contributed by atoms with Crippen molar-refractivity contribution in [2.75, 3.05) is 0 Å². The zero-order valence-corrected chi connectivity index (χ0v) is 13.6. The van der Waals surface area contributed by atoms with Gasteiger partial charge in [0.15, 0.2) is 0 Å². The number of urea groups is 1. The third-order valence-electron chi connectivity index (χ3n) is 4.94. The number of carboxylic acid groups (broad SMARTS) is 1. The van der Waals surface area contributed by atoms with Gasteiger partial charge in [0.25, 0.3) is 0 Å². The van der Waals surface area contributed by atoms with Crippen molar-refractivity contribution in [3.63, 3.8) is 0 Å². The lowest BCUT2D eigenvalue weighted by molar-refractivity contribution is -0.144. The van der Waals surface area contributed by atoms with Gasteiger partial charge in [0.05, 0.1) is 0 Å². The maximum absolute atomic E-state index is 12.2. The molecule has 0 bridgehead atoms. The number of carboxylic acids is 1. The second-order valence-electron chi connectivity index (χ2n) is 6.11. The maximum atomic E-state index is 12.2. The van der Waals surface area contributed by atoms with Crippen LogP contribution in [0.2, 0.25) is 0 Å². The summed E-state index contributed by atoms with van der Waals surface area (Å²) in [6.45, 7) is 5.65. The van der Waals surface area contributed by atoms with E-state index in [4.69, 9.17) is 0 Å². The van der Waals surface area contributed by atoms with E-state index in [9.17, 15) is 14.7 Å². The van der Waals surface area contributed by atoms with E-state index >= 15 is 0 Å². The highest BCUT2D eigenvalue weighted by Crippen LogP contribution is 2.27. The van der Waals surface area contributed by atoms with Gasteiger partial charge >= 0.3 is 12.0 Å². The van der Waals surface area contributed by atoms with Crippen LogP contribution in [0.1, 0.15) is 72.1 Å². The van der Waals surface area contributed by atoms with Crippen molar-refractivity contribution in [2.24, 2.45) is 5.92 Å². The Bertz CT molecular complexity index is 347. The summed E-state index contributed by atoms with van der Waals surface area (Å²) >= 11 is 0. The Hall–Kier alpha value is -1.26. The summed E-state index contributed by atoms with van der Waals surface area (Å²) in [5.41, 5.74) is -1.16. The minimum atomic E-state index is -1.16. The van der Waals surface area contributed by atoms with Crippen LogP contribution in [0.15, 0.2) is 0 Å². The number of carbonyl (C=O) groups is 2. The molecule has 1 saturated carbocycles. The van der Waals surface area contributed by atoms with Gasteiger partial charge in [-0.2, -0.15) is 0 Å². The highest BCUT2D eigenvalue weighted by atomic mass is 16.4. The van der Waals surface area contributed by atoms with Crippen LogP contribution in [0.25, 0.3) is 0 Å². The van der Waals surface area contributed by atoms with Gasteiger partial charge in [-0.05, 0) is 38.0 Å². The second kappa shape index (κ2) is 8.25. The molecule has 122 valence electrons. The number of rotatable bonds is 7. The molecule has 0 aliphatic heterocycles. The Labute approximate surface area is 127 Å². The van der Waals surface area contributed by atoms with E-state index in [1.165, 1.54) is 19.3 Å². The zero-order valence-electron chi connectivity index (χ0n) is 13.6. The summed E-state index contributed by atoms with van der Waals surface area (Å²) in [5.74, 6) is -0.439. The molecule has 1 aliphatic rings. The molecule has 1 atom stereocenters. The number of nitrogens with one attached hydrogen (secondary N) is 2. The molecule has 1 rings (SSSR count). The Morgan fingerprint density at radius 1 is 1.14 bits per heavy atom. The number of hydrogen-bond donors (Lipinski definition) is 3. The number of aliphatic carboxylic acids is 1. The molecule has 0 aromatic carbocycles. The van der Waals surface area contributed by atoms with Gasteiger partial charge in [0.2, 0.25) is 0 Å². The predicted molar refractivity (Wildman–Crippen MR) is 83.3 cm³/mol. The first-order chi connectivity index (χ1) is 9.99. The summed E-state index contributed by atoms with van der Waals surface area (Å²) in [5, 5.41) is 15.1. The van der Waals surface area contributed by atoms with Crippen LogP contribution in [0.4, 0.5) is 4.79 Å². The first kappa shape index (κ1) is 17.8. The van der Waals surface area contributed by atoms with E-state index < -0.39 is 11.5 Å². The molecule has 1 aliphatic carbocycles. The molecule has 2 amide bonds. The van der Waals surface area contributed by atoms with Gasteiger partial charge in [-0.15, -0.1) is 0 Å². The number of carbonyl (C=O) groups excluding carboxylic acids is 1. The van der Waals surface area contributed by atoms with Gasteiger partial charge in [0.1, 0.15) is 5.54 Å². The van der Waals surface area contributed by atoms with Crippen molar-refractivity contribution in [2.45, 2.75) is 83.7 Å². The van der Waals surface area contributed by atoms with Gasteiger partial charge in [0, 0.05) is 6.04 Å². The smallest absolute Gasteiger partial charge is 0.329 e. The molecule has 1 fully saturated rings. The van der Waals surface area contributed by atoms with E-state index in [0.29, 0.717) is 18.8 Å². The van der Waals surface area contributed by atoms with Crippen molar-refractivity contribution in [1.82, 2.24) is 10.6 Å². The highest BCUT2D eigenvalue weighted by Gasteiger charge is 2.37. The summed E-state index contributed by atoms with van der Waals surface area (Å²) in [6, 6.07) is -0.205. The van der Waals surface area contributed by atoms with Crippen molar-refractivity contribution in [3.8, 4) is 0 Å². The van der Waals surface area contributed by atoms with Crippen LogP contribution >= 0.6 is 0 Å². The number of amides is 2. The molecule has 0 aromatic heterocycles. The summed E-state index contributed by atoms with van der Waals surface area (Å²) in [6.07, 6.45) is 7.71. The predicted octanol–water partition coefficient (Wildman–Crippen LogP) is 3.29. The lowest BCUT2D eigenvalue weighted by Crippen LogP contribution is -2.58. The average Bonchev–Trinajstić information content (AvgIpc) is 2.51. The minimum absolute atomic E-state index is 0.144. The SMILES string of the molecule is CCC(NC(=O)NC(CC)(CC)C(=O)O)C1CCCCC1. The van der Waals surface area contributed by atoms with Gasteiger partial charge in [-0.1, -0.05) is 40.0 Å². The molecular weight excluding hydrogens is 268 g/mol. The van der Waals surface area contributed by atoms with Crippen molar-refractivity contribution in [1.29, 1.82) is 0 Å². The monoisotopic (exact) mass is 298 g/mol. The molecule has 0 saturated heterocycles. The first-order valence-electron chi connectivity index (χ1n) is 8.31. The van der Waals surface area contributed by atoms with Crippen LogP contribution in [-0.4, -0.2) is 28.7 Å². The molecule has 21 heavy (non-hydrogen) atoms. The average molecular weight is 298 g/mol. The summed E-state index contributed by atoms with van der Waals surface area (Å²) < 4.78 is 0. The van der Waals surface area contributed by atoms with Crippen LogP contribution in [0, 0.1) is 5.92 Å². The number of hydrogen-bond acceptors (Lipinski definition) is 2. The fourth-order valence-electron chi connectivity index (χ4n) is 3.29. The normalized spacial score (nSPS) is 18.0. The molecule has 0 heterocycles. The van der Waals surface area contributed by atoms with Crippen LogP contribution in [0.5, 0.6) is 0 Å². The lowest BCUT2D eigenvalue weighted by Gasteiger charge is -2.33. The molecule has 0 spiro atoms. The third-order valence-corrected chi connectivity index (χ3v) is 4.94. The van der Waals surface area contributed by atoms with Gasteiger partial charge in [-0.3, -0.25) is 0 Å². The third kappa shape index (κ3) is 4.61. The van der Waals surface area contributed by atoms with E-state index in [1.54, 1.807) is 13.8 Å². The topological polar surface area (TPSA) is 78.4 Å². The Balaban J connectivity index is 2.63. The Morgan fingerprint density at radius 2 is 1.71 bits per heavy atom.